The van der Waals surface area contributed by atoms with Crippen molar-refractivity contribution in [3.63, 3.8) is 0 Å². The minimum absolute atomic E-state index is 0.556. The number of nitrogens with zero attached hydrogens (tertiary/aromatic N) is 2. The summed E-state index contributed by atoms with van der Waals surface area (Å²) in [4.78, 5) is 9.24. The van der Waals surface area contributed by atoms with Crippen molar-refractivity contribution in [3.8, 4) is 11.3 Å². The SMILES string of the molecule is CCNc1cc(-c2ccccc2)nc(CC(C)C)n1. The minimum atomic E-state index is 0.556. The van der Waals surface area contributed by atoms with Crippen LogP contribution >= 0.6 is 0 Å². The molecule has 0 saturated carbocycles. The van der Waals surface area contributed by atoms with Crippen LogP contribution in [0.15, 0.2) is 36.4 Å². The monoisotopic (exact) mass is 255 g/mol. The van der Waals surface area contributed by atoms with E-state index >= 15 is 0 Å². The molecule has 1 aromatic carbocycles. The van der Waals surface area contributed by atoms with Crippen LogP contribution in [0.25, 0.3) is 11.3 Å². The number of hydrogen-bond acceptors (Lipinski definition) is 3. The standard InChI is InChI=1S/C16H21N3/c1-4-17-15-11-14(13-8-6-5-7-9-13)18-16(19-15)10-12(2)3/h5-9,11-12H,4,10H2,1-3H3,(H,17,18,19). The molecule has 0 fully saturated rings. The minimum Gasteiger partial charge on any atom is -0.370 e. The van der Waals surface area contributed by atoms with E-state index in [9.17, 15) is 0 Å². The third kappa shape index (κ3) is 3.78. The van der Waals surface area contributed by atoms with Gasteiger partial charge in [0.15, 0.2) is 0 Å². The summed E-state index contributed by atoms with van der Waals surface area (Å²) in [6.45, 7) is 7.32. The van der Waals surface area contributed by atoms with Crippen LogP contribution < -0.4 is 5.32 Å². The Morgan fingerprint density at radius 1 is 1.11 bits per heavy atom. The first-order valence-electron chi connectivity index (χ1n) is 6.86. The largest absolute Gasteiger partial charge is 0.370 e. The van der Waals surface area contributed by atoms with E-state index in [1.165, 1.54) is 0 Å². The number of benzene rings is 1. The number of anilines is 1. The van der Waals surface area contributed by atoms with Crippen molar-refractivity contribution >= 4 is 5.82 Å². The molecule has 0 saturated heterocycles. The Bertz CT molecular complexity index is 521. The summed E-state index contributed by atoms with van der Waals surface area (Å²) in [5.74, 6) is 2.37. The van der Waals surface area contributed by atoms with Gasteiger partial charge in [0.25, 0.3) is 0 Å². The highest BCUT2D eigenvalue weighted by molar-refractivity contribution is 5.62. The Labute approximate surface area is 115 Å². The molecule has 3 nitrogen and oxygen atoms in total. The molecule has 1 N–H and O–H groups in total. The zero-order chi connectivity index (χ0) is 13.7. The third-order valence-electron chi connectivity index (χ3n) is 2.79. The summed E-state index contributed by atoms with van der Waals surface area (Å²) in [5, 5.41) is 3.28. The lowest BCUT2D eigenvalue weighted by atomic mass is 10.1. The molecule has 3 heteroatoms. The molecule has 2 rings (SSSR count). The van der Waals surface area contributed by atoms with Crippen LogP contribution in [0.5, 0.6) is 0 Å². The molecule has 0 bridgehead atoms. The van der Waals surface area contributed by atoms with E-state index in [4.69, 9.17) is 0 Å². The lowest BCUT2D eigenvalue weighted by molar-refractivity contribution is 0.621. The predicted octanol–water partition coefficient (Wildman–Crippen LogP) is 3.77. The molecule has 0 radical (unpaired) electrons. The highest BCUT2D eigenvalue weighted by atomic mass is 15.0. The van der Waals surface area contributed by atoms with Crippen molar-refractivity contribution < 1.29 is 0 Å². The Morgan fingerprint density at radius 3 is 2.47 bits per heavy atom. The fourth-order valence-corrected chi connectivity index (χ4v) is 1.98. The zero-order valence-electron chi connectivity index (χ0n) is 11.9. The van der Waals surface area contributed by atoms with Gasteiger partial charge in [0.1, 0.15) is 11.6 Å². The maximum absolute atomic E-state index is 4.67. The Morgan fingerprint density at radius 2 is 1.84 bits per heavy atom. The van der Waals surface area contributed by atoms with Gasteiger partial charge in [-0.3, -0.25) is 0 Å². The molecule has 2 aromatic rings. The van der Waals surface area contributed by atoms with Crippen LogP contribution in [0.4, 0.5) is 5.82 Å². The molecule has 1 aromatic heterocycles. The smallest absolute Gasteiger partial charge is 0.131 e. The molecule has 0 aliphatic rings. The Kier molecular flexibility index (Phi) is 4.50. The van der Waals surface area contributed by atoms with E-state index in [2.05, 4.69) is 48.2 Å². The third-order valence-corrected chi connectivity index (χ3v) is 2.79. The molecular weight excluding hydrogens is 234 g/mol. The fraction of sp³-hybridized carbons (Fsp3) is 0.375. The molecule has 0 unspecified atom stereocenters. The summed E-state index contributed by atoms with van der Waals surface area (Å²) in [5.41, 5.74) is 2.12. The maximum atomic E-state index is 4.67. The first kappa shape index (κ1) is 13.5. The second-order valence-electron chi connectivity index (χ2n) is 5.05. The van der Waals surface area contributed by atoms with Crippen LogP contribution in [0.1, 0.15) is 26.6 Å². The van der Waals surface area contributed by atoms with Gasteiger partial charge in [-0.1, -0.05) is 44.2 Å². The Balaban J connectivity index is 2.39. The number of rotatable bonds is 5. The topological polar surface area (TPSA) is 37.8 Å². The lowest BCUT2D eigenvalue weighted by Gasteiger charge is -2.10. The van der Waals surface area contributed by atoms with Crippen LogP contribution in [0.3, 0.4) is 0 Å². The average Bonchev–Trinajstić information content (AvgIpc) is 2.39. The van der Waals surface area contributed by atoms with E-state index in [1.807, 2.05) is 24.3 Å². The quantitative estimate of drug-likeness (QED) is 0.883. The lowest BCUT2D eigenvalue weighted by Crippen LogP contribution is -2.07. The summed E-state index contributed by atoms with van der Waals surface area (Å²) < 4.78 is 0. The van der Waals surface area contributed by atoms with Crippen molar-refractivity contribution in [2.24, 2.45) is 5.92 Å². The molecule has 0 amide bonds. The van der Waals surface area contributed by atoms with Crippen molar-refractivity contribution in [3.05, 3.63) is 42.2 Å². The van der Waals surface area contributed by atoms with Gasteiger partial charge in [0.05, 0.1) is 5.69 Å². The maximum Gasteiger partial charge on any atom is 0.131 e. The van der Waals surface area contributed by atoms with E-state index in [1.54, 1.807) is 0 Å². The number of hydrogen-bond donors (Lipinski definition) is 1. The molecule has 0 aliphatic carbocycles. The van der Waals surface area contributed by atoms with Gasteiger partial charge in [0.2, 0.25) is 0 Å². The fourth-order valence-electron chi connectivity index (χ4n) is 1.98. The number of nitrogens with one attached hydrogen (secondary N) is 1. The second kappa shape index (κ2) is 6.32. The summed E-state index contributed by atoms with van der Waals surface area (Å²) >= 11 is 0. The van der Waals surface area contributed by atoms with Crippen LogP contribution in [0, 0.1) is 5.92 Å². The van der Waals surface area contributed by atoms with Gasteiger partial charge in [-0.05, 0) is 12.8 Å². The van der Waals surface area contributed by atoms with E-state index < -0.39 is 0 Å². The van der Waals surface area contributed by atoms with Crippen LogP contribution in [-0.4, -0.2) is 16.5 Å². The predicted molar refractivity (Wildman–Crippen MR) is 80.2 cm³/mol. The van der Waals surface area contributed by atoms with Crippen molar-refractivity contribution in [1.29, 1.82) is 0 Å². The van der Waals surface area contributed by atoms with Crippen LogP contribution in [0.2, 0.25) is 0 Å². The average molecular weight is 255 g/mol. The van der Waals surface area contributed by atoms with E-state index in [0.717, 1.165) is 35.9 Å². The van der Waals surface area contributed by atoms with Gasteiger partial charge >= 0.3 is 0 Å². The highest BCUT2D eigenvalue weighted by Crippen LogP contribution is 2.20. The van der Waals surface area contributed by atoms with E-state index in [0.29, 0.717) is 5.92 Å². The molecule has 1 heterocycles. The van der Waals surface area contributed by atoms with Crippen LogP contribution in [-0.2, 0) is 6.42 Å². The Hall–Kier alpha value is -1.90. The van der Waals surface area contributed by atoms with Gasteiger partial charge < -0.3 is 5.32 Å². The molecule has 100 valence electrons. The number of aromatic nitrogens is 2. The first-order valence-corrected chi connectivity index (χ1v) is 6.86. The normalized spacial score (nSPS) is 10.7. The summed E-state index contributed by atoms with van der Waals surface area (Å²) in [6.07, 6.45) is 0.902. The zero-order valence-corrected chi connectivity index (χ0v) is 11.9. The van der Waals surface area contributed by atoms with Gasteiger partial charge in [-0.2, -0.15) is 0 Å². The molecular formula is C16H21N3. The van der Waals surface area contributed by atoms with E-state index in [-0.39, 0.29) is 0 Å². The first-order chi connectivity index (χ1) is 9.19. The van der Waals surface area contributed by atoms with Gasteiger partial charge in [-0.25, -0.2) is 9.97 Å². The van der Waals surface area contributed by atoms with Crippen molar-refractivity contribution in [2.75, 3.05) is 11.9 Å². The highest BCUT2D eigenvalue weighted by Gasteiger charge is 2.07. The van der Waals surface area contributed by atoms with Crippen molar-refractivity contribution in [1.82, 2.24) is 9.97 Å². The van der Waals surface area contributed by atoms with Crippen molar-refractivity contribution in [2.45, 2.75) is 27.2 Å². The second-order valence-corrected chi connectivity index (χ2v) is 5.05. The molecule has 0 aliphatic heterocycles. The molecule has 19 heavy (non-hydrogen) atoms. The molecule has 0 atom stereocenters. The van der Waals surface area contributed by atoms with Gasteiger partial charge in [-0.15, -0.1) is 0 Å². The summed E-state index contributed by atoms with van der Waals surface area (Å²) in [7, 11) is 0. The van der Waals surface area contributed by atoms with Gasteiger partial charge in [0, 0.05) is 24.6 Å². The summed E-state index contributed by atoms with van der Waals surface area (Å²) in [6, 6.07) is 12.3. The molecule has 0 spiro atoms.